The predicted molar refractivity (Wildman–Crippen MR) is 105 cm³/mol. The summed E-state index contributed by atoms with van der Waals surface area (Å²) >= 11 is 0. The number of hydrogen-bond acceptors (Lipinski definition) is 2. The molecular weight excluding hydrogens is 341 g/mol. The van der Waals surface area contributed by atoms with E-state index in [0.29, 0.717) is 12.5 Å². The molecule has 3 rings (SSSR count). The molecule has 1 amide bonds. The van der Waals surface area contributed by atoms with E-state index >= 15 is 0 Å². The Hall–Kier alpha value is -2.95. The number of nitrogens with one attached hydrogen (secondary N) is 1. The fraction of sp³-hybridized carbons (Fsp3) is 0.273. The molecule has 1 N–H and O–H groups in total. The zero-order valence-corrected chi connectivity index (χ0v) is 15.6. The second-order valence-electron chi connectivity index (χ2n) is 7.12. The highest BCUT2D eigenvalue weighted by Gasteiger charge is 2.18. The first-order valence-electron chi connectivity index (χ1n) is 9.14. The van der Waals surface area contributed by atoms with Crippen molar-refractivity contribution in [2.24, 2.45) is 5.92 Å². The molecule has 27 heavy (non-hydrogen) atoms. The average Bonchev–Trinajstić information content (AvgIpc) is 3.14. The normalized spacial score (nSPS) is 12.1. The fourth-order valence-corrected chi connectivity index (χ4v) is 3.17. The van der Waals surface area contributed by atoms with Gasteiger partial charge in [0.05, 0.1) is 11.9 Å². The van der Waals surface area contributed by atoms with Crippen LogP contribution in [0.25, 0.3) is 11.1 Å². The lowest BCUT2D eigenvalue weighted by molar-refractivity contribution is 0.0923. The summed E-state index contributed by atoms with van der Waals surface area (Å²) in [6.45, 7) is 4.80. The molecule has 140 valence electrons. The number of aromatic nitrogens is 2. The number of halogens is 1. The first kappa shape index (κ1) is 18.8. The first-order valence-corrected chi connectivity index (χ1v) is 9.14. The number of hydrogen-bond donors (Lipinski definition) is 1. The zero-order valence-electron chi connectivity index (χ0n) is 15.6. The predicted octanol–water partition coefficient (Wildman–Crippen LogP) is 4.53. The minimum absolute atomic E-state index is 0.0640. The molecule has 0 saturated carbocycles. The highest BCUT2D eigenvalue weighted by atomic mass is 19.1. The Morgan fingerprint density at radius 1 is 1.15 bits per heavy atom. The van der Waals surface area contributed by atoms with Crippen molar-refractivity contribution in [2.75, 3.05) is 0 Å². The minimum atomic E-state index is -0.514. The topological polar surface area (TPSA) is 46.9 Å². The Labute approximate surface area is 159 Å². The summed E-state index contributed by atoms with van der Waals surface area (Å²) in [5.74, 6) is -0.498. The van der Waals surface area contributed by atoms with Crippen LogP contribution < -0.4 is 5.32 Å². The number of nitrogens with zero attached hydrogens (tertiary/aromatic N) is 2. The molecule has 4 nitrogen and oxygen atoms in total. The van der Waals surface area contributed by atoms with E-state index in [1.807, 2.05) is 41.1 Å². The maximum Gasteiger partial charge on any atom is 0.254 e. The monoisotopic (exact) mass is 365 g/mol. The molecule has 1 atom stereocenters. The van der Waals surface area contributed by atoms with Crippen LogP contribution in [-0.4, -0.2) is 21.5 Å². The quantitative estimate of drug-likeness (QED) is 0.668. The van der Waals surface area contributed by atoms with Crippen molar-refractivity contribution < 1.29 is 9.18 Å². The standard InChI is InChI=1S/C22H24FN3O/c1-16(2)12-19(14-26-11-10-24-15-26)25-22(27)20-9-8-18(13-21(20)23)17-6-4-3-5-7-17/h3-11,13,15-16,19H,12,14H2,1-2H3,(H,25,27)/t19-/m0/s1. The van der Waals surface area contributed by atoms with Crippen LogP contribution in [0.1, 0.15) is 30.6 Å². The molecule has 0 saturated heterocycles. The van der Waals surface area contributed by atoms with Crippen molar-refractivity contribution in [1.82, 2.24) is 14.9 Å². The van der Waals surface area contributed by atoms with Crippen molar-refractivity contribution in [1.29, 1.82) is 0 Å². The second-order valence-corrected chi connectivity index (χ2v) is 7.12. The van der Waals surface area contributed by atoms with E-state index in [9.17, 15) is 9.18 Å². The summed E-state index contributed by atoms with van der Waals surface area (Å²) in [6.07, 6.45) is 6.08. The van der Waals surface area contributed by atoms with Gasteiger partial charge >= 0.3 is 0 Å². The van der Waals surface area contributed by atoms with E-state index in [1.54, 1.807) is 24.7 Å². The van der Waals surface area contributed by atoms with Gasteiger partial charge in [0.15, 0.2) is 0 Å². The lowest BCUT2D eigenvalue weighted by Crippen LogP contribution is -2.39. The molecule has 2 aromatic carbocycles. The van der Waals surface area contributed by atoms with Crippen LogP contribution in [0.3, 0.4) is 0 Å². The average molecular weight is 365 g/mol. The SMILES string of the molecule is CC(C)C[C@@H](Cn1ccnc1)NC(=O)c1ccc(-c2ccccc2)cc1F. The summed E-state index contributed by atoms with van der Waals surface area (Å²) in [5, 5.41) is 2.98. The second kappa shape index (κ2) is 8.62. The summed E-state index contributed by atoms with van der Waals surface area (Å²) in [4.78, 5) is 16.7. The molecule has 0 aliphatic rings. The van der Waals surface area contributed by atoms with E-state index in [0.717, 1.165) is 17.5 Å². The maximum atomic E-state index is 14.6. The van der Waals surface area contributed by atoms with Crippen LogP contribution >= 0.6 is 0 Å². The summed E-state index contributed by atoms with van der Waals surface area (Å²) in [5.41, 5.74) is 1.73. The smallest absolute Gasteiger partial charge is 0.254 e. The number of benzene rings is 2. The third-order valence-corrected chi connectivity index (χ3v) is 4.40. The number of rotatable bonds is 7. The van der Waals surface area contributed by atoms with E-state index < -0.39 is 11.7 Å². The number of imidazole rings is 1. The Bertz CT molecular complexity index is 876. The molecule has 0 fully saturated rings. The van der Waals surface area contributed by atoms with Gasteiger partial charge in [-0.3, -0.25) is 4.79 Å². The van der Waals surface area contributed by atoms with Crippen molar-refractivity contribution in [3.63, 3.8) is 0 Å². The molecule has 0 aliphatic carbocycles. The minimum Gasteiger partial charge on any atom is -0.347 e. The van der Waals surface area contributed by atoms with Crippen LogP contribution in [0.4, 0.5) is 4.39 Å². The van der Waals surface area contributed by atoms with Gasteiger partial charge in [0, 0.05) is 25.0 Å². The molecule has 0 spiro atoms. The first-order chi connectivity index (χ1) is 13.0. The Morgan fingerprint density at radius 2 is 1.93 bits per heavy atom. The van der Waals surface area contributed by atoms with Crippen molar-refractivity contribution in [2.45, 2.75) is 32.9 Å². The van der Waals surface area contributed by atoms with Gasteiger partial charge < -0.3 is 9.88 Å². The fourth-order valence-electron chi connectivity index (χ4n) is 3.17. The molecule has 1 heterocycles. The molecule has 5 heteroatoms. The van der Waals surface area contributed by atoms with Crippen molar-refractivity contribution >= 4 is 5.91 Å². The van der Waals surface area contributed by atoms with Gasteiger partial charge in [-0.2, -0.15) is 0 Å². The van der Waals surface area contributed by atoms with E-state index in [-0.39, 0.29) is 11.6 Å². The third kappa shape index (κ3) is 5.03. The van der Waals surface area contributed by atoms with E-state index in [4.69, 9.17) is 0 Å². The van der Waals surface area contributed by atoms with Crippen molar-refractivity contribution in [3.05, 3.63) is 78.6 Å². The summed E-state index contributed by atoms with van der Waals surface area (Å²) < 4.78 is 16.5. The highest BCUT2D eigenvalue weighted by Crippen LogP contribution is 2.22. The molecule has 1 aromatic heterocycles. The van der Waals surface area contributed by atoms with Gasteiger partial charge in [-0.05, 0) is 35.6 Å². The molecule has 0 unspecified atom stereocenters. The zero-order chi connectivity index (χ0) is 19.2. The third-order valence-electron chi connectivity index (χ3n) is 4.40. The van der Waals surface area contributed by atoms with Gasteiger partial charge in [-0.15, -0.1) is 0 Å². The van der Waals surface area contributed by atoms with Gasteiger partial charge in [-0.25, -0.2) is 9.37 Å². The number of carbonyl (C=O) groups is 1. The van der Waals surface area contributed by atoms with Crippen molar-refractivity contribution in [3.8, 4) is 11.1 Å². The van der Waals surface area contributed by atoms with Gasteiger partial charge in [0.25, 0.3) is 5.91 Å². The molecule has 3 aromatic rings. The van der Waals surface area contributed by atoms with Gasteiger partial charge in [0.1, 0.15) is 5.82 Å². The molecule has 0 aliphatic heterocycles. The van der Waals surface area contributed by atoms with Crippen LogP contribution in [0.2, 0.25) is 0 Å². The Kier molecular flexibility index (Phi) is 6.01. The molecule has 0 radical (unpaired) electrons. The molecule has 0 bridgehead atoms. The number of carbonyl (C=O) groups excluding carboxylic acids is 1. The van der Waals surface area contributed by atoms with Crippen LogP contribution in [0, 0.1) is 11.7 Å². The summed E-state index contributed by atoms with van der Waals surface area (Å²) in [7, 11) is 0. The Balaban J connectivity index is 1.75. The van der Waals surface area contributed by atoms with Gasteiger partial charge in [-0.1, -0.05) is 50.2 Å². The number of amides is 1. The van der Waals surface area contributed by atoms with E-state index in [1.165, 1.54) is 6.07 Å². The van der Waals surface area contributed by atoms with Gasteiger partial charge in [0.2, 0.25) is 0 Å². The Morgan fingerprint density at radius 3 is 2.56 bits per heavy atom. The summed E-state index contributed by atoms with van der Waals surface area (Å²) in [6, 6.07) is 14.2. The lowest BCUT2D eigenvalue weighted by Gasteiger charge is -2.21. The molecular formula is C22H24FN3O. The van der Waals surface area contributed by atoms with Crippen LogP contribution in [0.15, 0.2) is 67.3 Å². The van der Waals surface area contributed by atoms with Crippen LogP contribution in [-0.2, 0) is 6.54 Å². The van der Waals surface area contributed by atoms with Crippen LogP contribution in [0.5, 0.6) is 0 Å². The van der Waals surface area contributed by atoms with E-state index in [2.05, 4.69) is 24.1 Å². The highest BCUT2D eigenvalue weighted by molar-refractivity contribution is 5.95. The maximum absolute atomic E-state index is 14.6. The lowest BCUT2D eigenvalue weighted by atomic mass is 10.0. The largest absolute Gasteiger partial charge is 0.347 e.